The number of hydrogen-bond acceptors (Lipinski definition) is 3. The van der Waals surface area contributed by atoms with Crippen LogP contribution in [0.2, 0.25) is 5.02 Å². The van der Waals surface area contributed by atoms with Crippen molar-refractivity contribution in [1.82, 2.24) is 9.97 Å². The van der Waals surface area contributed by atoms with Gasteiger partial charge in [-0.1, -0.05) is 44.0 Å². The van der Waals surface area contributed by atoms with Crippen LogP contribution in [0, 0.1) is 0 Å². The van der Waals surface area contributed by atoms with Gasteiger partial charge in [-0.15, -0.1) is 0 Å². The fourth-order valence-corrected chi connectivity index (χ4v) is 4.47. The Kier molecular flexibility index (Phi) is 5.88. The van der Waals surface area contributed by atoms with E-state index in [0.717, 1.165) is 56.5 Å². The molecule has 6 heteroatoms. The summed E-state index contributed by atoms with van der Waals surface area (Å²) >= 11 is 6.25. The number of aromatic nitrogens is 2. The van der Waals surface area contributed by atoms with Gasteiger partial charge in [-0.2, -0.15) is 0 Å². The molecule has 0 bridgehead atoms. The van der Waals surface area contributed by atoms with Crippen LogP contribution in [-0.4, -0.2) is 26.5 Å². The highest BCUT2D eigenvalue weighted by Crippen LogP contribution is 2.39. The van der Waals surface area contributed by atoms with E-state index in [4.69, 9.17) is 16.3 Å². The highest BCUT2D eigenvalue weighted by atomic mass is 35.5. The molecule has 0 saturated heterocycles. The molecule has 0 aliphatic heterocycles. The molecule has 4 aromatic rings. The van der Waals surface area contributed by atoms with Crippen LogP contribution < -0.4 is 4.74 Å². The molecule has 0 aliphatic rings. The number of pyridine rings is 1. The number of benzene rings is 2. The lowest BCUT2D eigenvalue weighted by Gasteiger charge is -2.11. The topological polar surface area (TPSA) is 55.0 Å². The van der Waals surface area contributed by atoms with Crippen molar-refractivity contribution < 1.29 is 8.95 Å². The van der Waals surface area contributed by atoms with Crippen molar-refractivity contribution in [1.29, 1.82) is 0 Å². The minimum atomic E-state index is -1.01. The summed E-state index contributed by atoms with van der Waals surface area (Å²) in [7, 11) is -1.01. The van der Waals surface area contributed by atoms with Crippen molar-refractivity contribution in [3.8, 4) is 16.9 Å². The average molecular weight is 427 g/mol. The minimum absolute atomic E-state index is 0.586. The molecule has 1 unspecified atom stereocenters. The lowest BCUT2D eigenvalue weighted by atomic mass is 9.99. The molecule has 1 N–H and O–H groups in total. The van der Waals surface area contributed by atoms with E-state index in [0.29, 0.717) is 17.4 Å². The zero-order valence-electron chi connectivity index (χ0n) is 16.5. The van der Waals surface area contributed by atoms with Gasteiger partial charge in [0.05, 0.1) is 27.9 Å². The van der Waals surface area contributed by atoms with Crippen molar-refractivity contribution >= 4 is 44.3 Å². The van der Waals surface area contributed by atoms with E-state index in [1.165, 1.54) is 0 Å². The third-order valence-corrected chi connectivity index (χ3v) is 6.47. The molecule has 0 aliphatic carbocycles. The minimum Gasteiger partial charge on any atom is -0.491 e. The number of rotatable bonds is 7. The number of nitrogens with zero attached hydrogens (tertiary/aromatic N) is 1. The molecule has 0 fully saturated rings. The molecular weight excluding hydrogens is 404 g/mol. The molecule has 2 heterocycles. The average Bonchev–Trinajstić information content (AvgIpc) is 3.12. The van der Waals surface area contributed by atoms with Crippen LogP contribution in [0.5, 0.6) is 5.75 Å². The Morgan fingerprint density at radius 1 is 1.17 bits per heavy atom. The highest BCUT2D eigenvalue weighted by Gasteiger charge is 2.16. The molecule has 0 saturated carbocycles. The number of hydrogen-bond donors (Lipinski definition) is 1. The van der Waals surface area contributed by atoms with Gasteiger partial charge < -0.3 is 9.72 Å². The first kappa shape index (κ1) is 19.9. The van der Waals surface area contributed by atoms with Gasteiger partial charge in [-0.25, -0.2) is 4.98 Å². The first-order valence-corrected chi connectivity index (χ1v) is 11.5. The molecular formula is C23H23ClN2O2S. The Balaban J connectivity index is 1.95. The van der Waals surface area contributed by atoms with Crippen molar-refractivity contribution in [2.75, 3.05) is 12.4 Å². The van der Waals surface area contributed by atoms with Crippen molar-refractivity contribution in [3.05, 3.63) is 53.7 Å². The van der Waals surface area contributed by atoms with Crippen LogP contribution in [0.25, 0.3) is 33.1 Å². The van der Waals surface area contributed by atoms with Gasteiger partial charge in [0, 0.05) is 27.6 Å². The van der Waals surface area contributed by atoms with Crippen molar-refractivity contribution in [2.24, 2.45) is 0 Å². The first-order valence-electron chi connectivity index (χ1n) is 9.84. The van der Waals surface area contributed by atoms with Crippen LogP contribution in [0.4, 0.5) is 0 Å². The second-order valence-electron chi connectivity index (χ2n) is 6.90. The van der Waals surface area contributed by atoms with E-state index in [1.807, 2.05) is 43.3 Å². The molecule has 0 spiro atoms. The fraction of sp³-hybridized carbons (Fsp3) is 0.261. The van der Waals surface area contributed by atoms with Gasteiger partial charge in [-0.05, 0) is 47.9 Å². The quantitative estimate of drug-likeness (QED) is 0.350. The SMILES string of the molecule is CCCCOc1ccc(-c2cccc(S(=O)CC)c2)c2c1[nH]c1ncc(Cl)cc12. The summed E-state index contributed by atoms with van der Waals surface area (Å²) in [5, 5.41) is 2.55. The van der Waals surface area contributed by atoms with E-state index in [2.05, 4.69) is 23.0 Å². The maximum absolute atomic E-state index is 12.3. The second-order valence-corrected chi connectivity index (χ2v) is 9.08. The lowest BCUT2D eigenvalue weighted by Crippen LogP contribution is -1.97. The van der Waals surface area contributed by atoms with Crippen LogP contribution in [0.3, 0.4) is 0 Å². The van der Waals surface area contributed by atoms with E-state index in [1.54, 1.807) is 6.20 Å². The summed E-state index contributed by atoms with van der Waals surface area (Å²) < 4.78 is 18.4. The predicted molar refractivity (Wildman–Crippen MR) is 121 cm³/mol. The molecule has 0 radical (unpaired) electrons. The number of halogens is 1. The van der Waals surface area contributed by atoms with Crippen LogP contribution in [0.15, 0.2) is 53.6 Å². The van der Waals surface area contributed by atoms with E-state index < -0.39 is 10.8 Å². The van der Waals surface area contributed by atoms with Gasteiger partial charge >= 0.3 is 0 Å². The summed E-state index contributed by atoms with van der Waals surface area (Å²) in [6, 6.07) is 13.9. The van der Waals surface area contributed by atoms with Crippen molar-refractivity contribution in [3.63, 3.8) is 0 Å². The normalized spacial score (nSPS) is 12.5. The number of H-pyrrole nitrogens is 1. The third-order valence-electron chi connectivity index (χ3n) is 4.96. The summed E-state index contributed by atoms with van der Waals surface area (Å²) in [4.78, 5) is 8.69. The molecule has 150 valence electrons. The summed E-state index contributed by atoms with van der Waals surface area (Å²) in [5.41, 5.74) is 3.72. The Labute approximate surface area is 177 Å². The Bertz CT molecular complexity index is 1200. The second kappa shape index (κ2) is 8.56. The van der Waals surface area contributed by atoms with Gasteiger partial charge in [0.15, 0.2) is 0 Å². The number of fused-ring (bicyclic) bond motifs is 3. The summed E-state index contributed by atoms with van der Waals surface area (Å²) in [5.74, 6) is 1.40. The monoisotopic (exact) mass is 426 g/mol. The number of ether oxygens (including phenoxy) is 1. The van der Waals surface area contributed by atoms with Gasteiger partial charge in [0.1, 0.15) is 11.4 Å². The van der Waals surface area contributed by atoms with Gasteiger partial charge in [0.2, 0.25) is 0 Å². The Morgan fingerprint density at radius 3 is 2.83 bits per heavy atom. The van der Waals surface area contributed by atoms with Gasteiger partial charge in [0.25, 0.3) is 0 Å². The van der Waals surface area contributed by atoms with Gasteiger partial charge in [-0.3, -0.25) is 4.21 Å². The maximum Gasteiger partial charge on any atom is 0.143 e. The maximum atomic E-state index is 12.3. The highest BCUT2D eigenvalue weighted by molar-refractivity contribution is 7.85. The van der Waals surface area contributed by atoms with Crippen LogP contribution in [0.1, 0.15) is 26.7 Å². The summed E-state index contributed by atoms with van der Waals surface area (Å²) in [6.45, 7) is 4.74. The molecule has 0 amide bonds. The van der Waals surface area contributed by atoms with Crippen LogP contribution >= 0.6 is 11.6 Å². The number of aromatic amines is 1. The van der Waals surface area contributed by atoms with E-state index >= 15 is 0 Å². The summed E-state index contributed by atoms with van der Waals surface area (Å²) in [6.07, 6.45) is 3.71. The van der Waals surface area contributed by atoms with Crippen molar-refractivity contribution in [2.45, 2.75) is 31.6 Å². The smallest absolute Gasteiger partial charge is 0.143 e. The predicted octanol–water partition coefficient (Wildman–Crippen LogP) is 6.34. The Morgan fingerprint density at radius 2 is 2.03 bits per heavy atom. The molecule has 29 heavy (non-hydrogen) atoms. The molecule has 2 aromatic carbocycles. The number of nitrogens with one attached hydrogen (secondary N) is 1. The fourth-order valence-electron chi connectivity index (χ4n) is 3.49. The first-order chi connectivity index (χ1) is 14.1. The zero-order valence-corrected chi connectivity index (χ0v) is 18.1. The third kappa shape index (κ3) is 3.89. The largest absolute Gasteiger partial charge is 0.491 e. The molecule has 1 atom stereocenters. The Hall–Kier alpha value is -2.37. The standard InChI is InChI=1S/C23H23ClN2O2S/c1-3-5-11-28-20-10-9-18(15-7-6-8-17(12-15)29(27)4-2)21-19-13-16(24)14-25-23(19)26-22(20)21/h6-10,12-14H,3-5,11H2,1-2H3,(H,25,26). The number of unbranched alkanes of at least 4 members (excludes halogenated alkanes) is 1. The van der Waals surface area contributed by atoms with Crippen LogP contribution in [-0.2, 0) is 10.8 Å². The van der Waals surface area contributed by atoms with E-state index in [9.17, 15) is 4.21 Å². The molecule has 4 rings (SSSR count). The lowest BCUT2D eigenvalue weighted by molar-refractivity contribution is 0.312. The molecule has 4 nitrogen and oxygen atoms in total. The van der Waals surface area contributed by atoms with E-state index in [-0.39, 0.29) is 0 Å². The molecule has 2 aromatic heterocycles. The zero-order chi connectivity index (χ0) is 20.4.